The van der Waals surface area contributed by atoms with Gasteiger partial charge in [-0.1, -0.05) is 18.5 Å². The Morgan fingerprint density at radius 3 is 2.89 bits per heavy atom. The summed E-state index contributed by atoms with van der Waals surface area (Å²) in [6.45, 7) is 2.33. The molecule has 148 valence electrons. The summed E-state index contributed by atoms with van der Waals surface area (Å²) in [5.74, 6) is 0.00965. The minimum Gasteiger partial charge on any atom is -0.395 e. The lowest BCUT2D eigenvalue weighted by atomic mass is 9.86. The average molecular weight is 418 g/mol. The molecule has 2 aromatic heterocycles. The third-order valence-corrected chi connectivity index (χ3v) is 6.50. The molecular weight excluding hydrogens is 397 g/mol. The van der Waals surface area contributed by atoms with Crippen LogP contribution in [-0.2, 0) is 10.2 Å². The molecule has 1 aliphatic heterocycles. The van der Waals surface area contributed by atoms with E-state index in [0.29, 0.717) is 36.2 Å². The van der Waals surface area contributed by atoms with Crippen molar-refractivity contribution in [2.75, 3.05) is 26.2 Å². The zero-order valence-electron chi connectivity index (χ0n) is 14.7. The van der Waals surface area contributed by atoms with Gasteiger partial charge in [-0.3, -0.25) is 0 Å². The Morgan fingerprint density at radius 1 is 1.48 bits per heavy atom. The number of hydrogen-bond acceptors (Lipinski definition) is 5. The number of imidazole rings is 1. The van der Waals surface area contributed by atoms with Crippen LogP contribution in [0.1, 0.15) is 25.0 Å². The first kappa shape index (κ1) is 20.2. The summed E-state index contributed by atoms with van der Waals surface area (Å²) in [7, 11) is -3.62. The molecule has 3 rings (SSSR count). The highest BCUT2D eigenvalue weighted by molar-refractivity contribution is 7.87. The van der Waals surface area contributed by atoms with E-state index in [1.165, 1.54) is 16.4 Å². The second-order valence-corrected chi connectivity index (χ2v) is 8.62. The number of aromatic amines is 1. The van der Waals surface area contributed by atoms with Gasteiger partial charge in [0, 0.05) is 25.6 Å². The van der Waals surface area contributed by atoms with Gasteiger partial charge in [-0.15, -0.1) is 0 Å². The van der Waals surface area contributed by atoms with Crippen LogP contribution < -0.4 is 4.72 Å². The number of aliphatic hydroxyl groups excluding tert-OH is 1. The first-order chi connectivity index (χ1) is 12.8. The predicted octanol–water partition coefficient (Wildman–Crippen LogP) is 1.52. The molecular formula is C16H21ClFN5O3S. The summed E-state index contributed by atoms with van der Waals surface area (Å²) in [6.07, 6.45) is 1.68. The zero-order valence-corrected chi connectivity index (χ0v) is 16.3. The topological polar surface area (TPSA) is 111 Å². The summed E-state index contributed by atoms with van der Waals surface area (Å²) in [5.41, 5.74) is 1.20. The van der Waals surface area contributed by atoms with E-state index < -0.39 is 16.0 Å². The molecule has 0 spiro atoms. The van der Waals surface area contributed by atoms with Crippen molar-refractivity contribution < 1.29 is 17.9 Å². The van der Waals surface area contributed by atoms with Crippen LogP contribution in [0.3, 0.4) is 0 Å². The SMILES string of the molecule is C[C@H]1CN(S(=O)(=O)NCCO)CC[C@H]1c1[nH]c(-c2ccc(F)cn2)nc1Cl. The van der Waals surface area contributed by atoms with Crippen molar-refractivity contribution in [2.45, 2.75) is 19.3 Å². The summed E-state index contributed by atoms with van der Waals surface area (Å²) in [5, 5.41) is 9.12. The second-order valence-electron chi connectivity index (χ2n) is 6.51. The molecule has 1 saturated heterocycles. The molecule has 0 amide bonds. The first-order valence-corrected chi connectivity index (χ1v) is 10.4. The van der Waals surface area contributed by atoms with Crippen molar-refractivity contribution in [3.63, 3.8) is 0 Å². The fraction of sp³-hybridized carbons (Fsp3) is 0.500. The largest absolute Gasteiger partial charge is 0.395 e. The molecule has 1 fully saturated rings. The van der Waals surface area contributed by atoms with Crippen molar-refractivity contribution in [1.29, 1.82) is 0 Å². The van der Waals surface area contributed by atoms with E-state index in [-0.39, 0.29) is 25.0 Å². The van der Waals surface area contributed by atoms with Crippen LogP contribution in [0.5, 0.6) is 0 Å². The number of nitrogens with one attached hydrogen (secondary N) is 2. The fourth-order valence-electron chi connectivity index (χ4n) is 3.27. The van der Waals surface area contributed by atoms with Gasteiger partial charge >= 0.3 is 0 Å². The molecule has 11 heteroatoms. The number of nitrogens with zero attached hydrogens (tertiary/aromatic N) is 3. The zero-order chi connectivity index (χ0) is 19.6. The lowest BCUT2D eigenvalue weighted by Crippen LogP contribution is -2.48. The Kier molecular flexibility index (Phi) is 6.11. The maximum absolute atomic E-state index is 13.0. The molecule has 27 heavy (non-hydrogen) atoms. The van der Waals surface area contributed by atoms with Gasteiger partial charge < -0.3 is 10.1 Å². The fourth-order valence-corrected chi connectivity index (χ4v) is 4.85. The third kappa shape index (κ3) is 4.46. The smallest absolute Gasteiger partial charge is 0.279 e. The standard InChI is InChI=1S/C16H21ClFN5O3S/c1-10-9-23(27(25,26)20-5-7-24)6-4-12(10)14-15(17)22-16(21-14)13-3-2-11(18)8-19-13/h2-3,8,10,12,20,24H,4-7,9H2,1H3,(H,21,22)/t10-,12+/m0/s1. The lowest BCUT2D eigenvalue weighted by Gasteiger charge is -2.35. The molecule has 2 atom stereocenters. The molecule has 0 unspecified atom stereocenters. The highest BCUT2D eigenvalue weighted by Gasteiger charge is 2.35. The highest BCUT2D eigenvalue weighted by atomic mass is 35.5. The molecule has 2 aromatic rings. The van der Waals surface area contributed by atoms with Crippen LogP contribution >= 0.6 is 11.6 Å². The van der Waals surface area contributed by atoms with Crippen LogP contribution in [0.2, 0.25) is 5.15 Å². The van der Waals surface area contributed by atoms with Gasteiger partial charge in [0.2, 0.25) is 0 Å². The van der Waals surface area contributed by atoms with E-state index >= 15 is 0 Å². The summed E-state index contributed by atoms with van der Waals surface area (Å²) < 4.78 is 41.2. The number of halogens is 2. The number of piperidine rings is 1. The lowest BCUT2D eigenvalue weighted by molar-refractivity contribution is 0.241. The van der Waals surface area contributed by atoms with Crippen molar-refractivity contribution in [2.24, 2.45) is 5.92 Å². The summed E-state index contributed by atoms with van der Waals surface area (Å²) in [6, 6.07) is 2.81. The van der Waals surface area contributed by atoms with Gasteiger partial charge in [0.15, 0.2) is 11.0 Å². The van der Waals surface area contributed by atoms with Gasteiger partial charge in [0.1, 0.15) is 11.5 Å². The second kappa shape index (κ2) is 8.19. The minimum atomic E-state index is -3.62. The van der Waals surface area contributed by atoms with Crippen LogP contribution in [0.25, 0.3) is 11.5 Å². The van der Waals surface area contributed by atoms with Crippen LogP contribution in [0, 0.1) is 11.7 Å². The van der Waals surface area contributed by atoms with E-state index in [2.05, 4.69) is 19.7 Å². The highest BCUT2D eigenvalue weighted by Crippen LogP contribution is 2.37. The van der Waals surface area contributed by atoms with Crippen LogP contribution in [-0.4, -0.2) is 59.0 Å². The van der Waals surface area contributed by atoms with Gasteiger partial charge in [-0.2, -0.15) is 17.4 Å². The van der Waals surface area contributed by atoms with Crippen molar-refractivity contribution in [3.8, 4) is 11.5 Å². The van der Waals surface area contributed by atoms with Gasteiger partial charge in [-0.25, -0.2) is 14.4 Å². The van der Waals surface area contributed by atoms with Crippen molar-refractivity contribution in [1.82, 2.24) is 24.0 Å². The molecule has 3 heterocycles. The number of rotatable bonds is 6. The molecule has 0 aromatic carbocycles. The maximum atomic E-state index is 13.0. The van der Waals surface area contributed by atoms with Crippen molar-refractivity contribution >= 4 is 21.8 Å². The van der Waals surface area contributed by atoms with Gasteiger partial charge in [0.25, 0.3) is 10.2 Å². The minimum absolute atomic E-state index is 0.00323. The van der Waals surface area contributed by atoms with Gasteiger partial charge in [-0.05, 0) is 24.5 Å². The van der Waals surface area contributed by atoms with E-state index in [9.17, 15) is 12.8 Å². The van der Waals surface area contributed by atoms with Crippen molar-refractivity contribution in [3.05, 3.63) is 35.0 Å². The third-order valence-electron chi connectivity index (χ3n) is 4.63. The Morgan fingerprint density at radius 2 is 2.26 bits per heavy atom. The molecule has 1 aliphatic rings. The summed E-state index contributed by atoms with van der Waals surface area (Å²) >= 11 is 6.30. The molecule has 0 bridgehead atoms. The number of H-pyrrole nitrogens is 1. The maximum Gasteiger partial charge on any atom is 0.279 e. The quantitative estimate of drug-likeness (QED) is 0.659. The van der Waals surface area contributed by atoms with E-state index in [1.807, 2.05) is 6.92 Å². The average Bonchev–Trinajstić information content (AvgIpc) is 3.02. The molecule has 0 radical (unpaired) electrons. The Labute approximate surface area is 162 Å². The van der Waals surface area contributed by atoms with Gasteiger partial charge in [0.05, 0.1) is 18.5 Å². The van der Waals surface area contributed by atoms with Crippen LogP contribution in [0.15, 0.2) is 18.3 Å². The number of hydrogen-bond donors (Lipinski definition) is 3. The Hall–Kier alpha value is -1.59. The molecule has 3 N–H and O–H groups in total. The monoisotopic (exact) mass is 417 g/mol. The van der Waals surface area contributed by atoms with Crippen LogP contribution in [0.4, 0.5) is 4.39 Å². The number of pyridine rings is 1. The number of aromatic nitrogens is 3. The normalized spacial score (nSPS) is 21.5. The van der Waals surface area contributed by atoms with E-state index in [4.69, 9.17) is 16.7 Å². The Balaban J connectivity index is 1.76. The van der Waals surface area contributed by atoms with E-state index in [1.54, 1.807) is 0 Å². The van der Waals surface area contributed by atoms with E-state index in [0.717, 1.165) is 11.9 Å². The first-order valence-electron chi connectivity index (χ1n) is 8.54. The molecule has 0 aliphatic carbocycles. The number of aliphatic hydroxyl groups is 1. The summed E-state index contributed by atoms with van der Waals surface area (Å²) in [4.78, 5) is 11.4. The predicted molar refractivity (Wildman–Crippen MR) is 98.9 cm³/mol. The Bertz CT molecular complexity index is 890. The molecule has 0 saturated carbocycles. The molecule has 8 nitrogen and oxygen atoms in total.